The van der Waals surface area contributed by atoms with Crippen molar-refractivity contribution >= 4 is 30.2 Å². The molecule has 0 saturated carbocycles. The summed E-state index contributed by atoms with van der Waals surface area (Å²) in [6, 6.07) is 14.4. The van der Waals surface area contributed by atoms with Crippen LogP contribution in [-0.2, 0) is 5.11 Å². The van der Waals surface area contributed by atoms with E-state index < -0.39 is 0 Å². The summed E-state index contributed by atoms with van der Waals surface area (Å²) in [6.07, 6.45) is 0. The van der Waals surface area contributed by atoms with Crippen molar-refractivity contribution in [2.75, 3.05) is 5.51 Å². The van der Waals surface area contributed by atoms with Gasteiger partial charge in [-0.2, -0.15) is 0 Å². The van der Waals surface area contributed by atoms with E-state index in [1.54, 1.807) is 0 Å². The molecule has 2 aromatic carbocycles. The van der Waals surface area contributed by atoms with Gasteiger partial charge < -0.3 is 0 Å². The molecule has 0 spiro atoms. The summed E-state index contributed by atoms with van der Waals surface area (Å²) >= 11 is 0.0842. The first-order valence-electron chi connectivity index (χ1n) is 4.10. The molecular formula is C11H9OSe. The van der Waals surface area contributed by atoms with Crippen LogP contribution in [0, 0.1) is 0 Å². The van der Waals surface area contributed by atoms with Crippen LogP contribution in [-0.4, -0.2) is 20.5 Å². The van der Waals surface area contributed by atoms with Gasteiger partial charge in [0.05, 0.1) is 0 Å². The first kappa shape index (κ1) is 8.76. The summed E-state index contributed by atoms with van der Waals surface area (Å²) in [4.78, 5) is 0. The van der Waals surface area contributed by atoms with Crippen LogP contribution in [0.5, 0.6) is 0 Å². The van der Waals surface area contributed by atoms with Crippen molar-refractivity contribution in [1.82, 2.24) is 0 Å². The molecule has 0 aromatic heterocycles. The molecule has 2 rings (SSSR count). The van der Waals surface area contributed by atoms with E-state index in [1.807, 2.05) is 18.2 Å². The molecule has 0 unspecified atom stereocenters. The number of hydrogen-bond donors (Lipinski definition) is 0. The van der Waals surface area contributed by atoms with Crippen LogP contribution in [0.1, 0.15) is 0 Å². The second-order valence-corrected chi connectivity index (χ2v) is 4.76. The third-order valence-electron chi connectivity index (χ3n) is 1.96. The van der Waals surface area contributed by atoms with Gasteiger partial charge in [0.1, 0.15) is 0 Å². The minimum absolute atomic E-state index is 0.0288. The Bertz CT molecular complexity index is 406. The number of fused-ring (bicyclic) bond motifs is 1. The van der Waals surface area contributed by atoms with Crippen LogP contribution in [0.3, 0.4) is 0 Å². The van der Waals surface area contributed by atoms with Gasteiger partial charge in [-0.3, -0.25) is 0 Å². The fourth-order valence-electron chi connectivity index (χ4n) is 1.39. The molecule has 0 aliphatic rings. The maximum atomic E-state index is 10.6. The van der Waals surface area contributed by atoms with Gasteiger partial charge >= 0.3 is 83.3 Å². The molecule has 0 aliphatic carbocycles. The third-order valence-corrected chi connectivity index (χ3v) is 3.61. The van der Waals surface area contributed by atoms with E-state index in [9.17, 15) is 5.11 Å². The Balaban J connectivity index is 2.61. The van der Waals surface area contributed by atoms with Crippen LogP contribution < -0.4 is 4.46 Å². The van der Waals surface area contributed by atoms with Gasteiger partial charge in [0.2, 0.25) is 0 Å². The molecule has 2 heteroatoms. The molecule has 0 heterocycles. The Morgan fingerprint density at radius 3 is 2.62 bits per heavy atom. The Hall–Kier alpha value is -0.821. The molecule has 1 nitrogen and oxygen atoms in total. The zero-order valence-electron chi connectivity index (χ0n) is 7.07. The molecular weight excluding hydrogens is 227 g/mol. The van der Waals surface area contributed by atoms with Crippen molar-refractivity contribution in [2.24, 2.45) is 0 Å². The van der Waals surface area contributed by atoms with Crippen molar-refractivity contribution in [3.63, 3.8) is 0 Å². The van der Waals surface area contributed by atoms with Crippen molar-refractivity contribution in [3.8, 4) is 0 Å². The monoisotopic (exact) mass is 237 g/mol. The van der Waals surface area contributed by atoms with Crippen molar-refractivity contribution < 1.29 is 5.11 Å². The molecule has 0 saturated heterocycles. The van der Waals surface area contributed by atoms with E-state index in [1.165, 1.54) is 15.2 Å². The van der Waals surface area contributed by atoms with Gasteiger partial charge in [-0.05, 0) is 0 Å². The predicted molar refractivity (Wildman–Crippen MR) is 54.9 cm³/mol. The van der Waals surface area contributed by atoms with Gasteiger partial charge in [0.15, 0.2) is 0 Å². The first-order chi connectivity index (χ1) is 6.42. The van der Waals surface area contributed by atoms with E-state index in [4.69, 9.17) is 0 Å². The van der Waals surface area contributed by atoms with Crippen LogP contribution >= 0.6 is 0 Å². The Labute approximate surface area is 83.6 Å². The minimum atomic E-state index is 0.0288. The number of hydrogen-bond acceptors (Lipinski definition) is 0. The molecule has 0 atom stereocenters. The van der Waals surface area contributed by atoms with Crippen LogP contribution in [0.15, 0.2) is 42.5 Å². The van der Waals surface area contributed by atoms with Crippen LogP contribution in [0.2, 0.25) is 0 Å². The maximum absolute atomic E-state index is 10.6. The Morgan fingerprint density at radius 1 is 1.00 bits per heavy atom. The summed E-state index contributed by atoms with van der Waals surface area (Å²) in [5.74, 6) is 0. The standard InChI is InChI=1S/C11H9OSe/c12-8-13-11-7-3-5-9-4-1-2-6-10(9)11/h1-7H,8H2. The fraction of sp³-hybridized carbons (Fsp3) is 0.0909. The van der Waals surface area contributed by atoms with Crippen LogP contribution in [0.25, 0.3) is 10.8 Å². The number of rotatable bonds is 2. The Kier molecular flexibility index (Phi) is 2.65. The first-order valence-corrected chi connectivity index (χ1v) is 6.17. The molecule has 2 aromatic rings. The number of benzene rings is 2. The zero-order chi connectivity index (χ0) is 9.10. The van der Waals surface area contributed by atoms with Crippen LogP contribution in [0.4, 0.5) is 0 Å². The topological polar surface area (TPSA) is 19.9 Å². The summed E-state index contributed by atoms with van der Waals surface area (Å²) in [5, 5.41) is 13.0. The van der Waals surface area contributed by atoms with Gasteiger partial charge in [-0.25, -0.2) is 0 Å². The molecule has 13 heavy (non-hydrogen) atoms. The quantitative estimate of drug-likeness (QED) is 0.705. The summed E-state index contributed by atoms with van der Waals surface area (Å²) < 4.78 is 1.22. The van der Waals surface area contributed by atoms with Crippen molar-refractivity contribution in [2.45, 2.75) is 0 Å². The van der Waals surface area contributed by atoms with Gasteiger partial charge in [-0.15, -0.1) is 0 Å². The summed E-state index contributed by atoms with van der Waals surface area (Å²) in [5.41, 5.74) is 0.0288. The normalized spacial score (nSPS) is 10.5. The molecule has 0 N–H and O–H groups in total. The predicted octanol–water partition coefficient (Wildman–Crippen LogP) is 1.56. The molecule has 0 amide bonds. The molecule has 65 valence electrons. The fourth-order valence-corrected chi connectivity index (χ4v) is 2.73. The zero-order valence-corrected chi connectivity index (χ0v) is 8.78. The molecule has 0 fully saturated rings. The third kappa shape index (κ3) is 1.75. The van der Waals surface area contributed by atoms with Gasteiger partial charge in [-0.1, -0.05) is 0 Å². The molecule has 0 aliphatic heterocycles. The second kappa shape index (κ2) is 3.93. The van der Waals surface area contributed by atoms with E-state index in [0.29, 0.717) is 0 Å². The second-order valence-electron chi connectivity index (χ2n) is 2.74. The molecule has 1 radical (unpaired) electrons. The Morgan fingerprint density at radius 2 is 1.77 bits per heavy atom. The average Bonchev–Trinajstić information content (AvgIpc) is 2.19. The van der Waals surface area contributed by atoms with Gasteiger partial charge in [0.25, 0.3) is 0 Å². The van der Waals surface area contributed by atoms with E-state index in [0.717, 1.165) is 0 Å². The summed E-state index contributed by atoms with van der Waals surface area (Å²) in [6.45, 7) is 0. The van der Waals surface area contributed by atoms with Crippen molar-refractivity contribution in [1.29, 1.82) is 0 Å². The van der Waals surface area contributed by atoms with Crippen molar-refractivity contribution in [3.05, 3.63) is 42.5 Å². The van der Waals surface area contributed by atoms with E-state index in [2.05, 4.69) is 24.3 Å². The van der Waals surface area contributed by atoms with E-state index in [-0.39, 0.29) is 20.5 Å². The summed E-state index contributed by atoms with van der Waals surface area (Å²) in [7, 11) is 0. The van der Waals surface area contributed by atoms with E-state index >= 15 is 0 Å². The van der Waals surface area contributed by atoms with Gasteiger partial charge in [0, 0.05) is 0 Å². The average molecular weight is 236 g/mol. The SMILES string of the molecule is [O]C[Se]c1cccc2ccccc12. The molecule has 0 bridgehead atoms.